The van der Waals surface area contributed by atoms with Crippen molar-refractivity contribution in [2.24, 2.45) is 5.92 Å². The molecule has 120 valence electrons. The third-order valence-corrected chi connectivity index (χ3v) is 5.65. The van der Waals surface area contributed by atoms with Crippen LogP contribution in [0.4, 0.5) is 8.78 Å². The van der Waals surface area contributed by atoms with Gasteiger partial charge in [-0.1, -0.05) is 0 Å². The van der Waals surface area contributed by atoms with Gasteiger partial charge in [0, 0.05) is 31.7 Å². The highest BCUT2D eigenvalue weighted by molar-refractivity contribution is 7.88. The Labute approximate surface area is 127 Å². The first-order valence-electron chi connectivity index (χ1n) is 6.98. The summed E-state index contributed by atoms with van der Waals surface area (Å²) in [7, 11) is -3.29. The summed E-state index contributed by atoms with van der Waals surface area (Å²) in [4.78, 5) is 13.8. The van der Waals surface area contributed by atoms with Crippen LogP contribution in [0.25, 0.3) is 0 Å². The van der Waals surface area contributed by atoms with E-state index in [1.807, 2.05) is 0 Å². The summed E-state index contributed by atoms with van der Waals surface area (Å²) in [6, 6.07) is 2.59. The van der Waals surface area contributed by atoms with Crippen molar-refractivity contribution in [3.63, 3.8) is 0 Å². The molecule has 22 heavy (non-hydrogen) atoms. The van der Waals surface area contributed by atoms with E-state index >= 15 is 0 Å². The van der Waals surface area contributed by atoms with Gasteiger partial charge in [0.1, 0.15) is 11.6 Å². The number of halogens is 2. The van der Waals surface area contributed by atoms with Crippen LogP contribution in [0.3, 0.4) is 0 Å². The van der Waals surface area contributed by atoms with Crippen molar-refractivity contribution in [3.8, 4) is 0 Å². The Morgan fingerprint density at radius 2 is 2.00 bits per heavy atom. The first-order chi connectivity index (χ1) is 10.3. The second-order valence-corrected chi connectivity index (χ2v) is 7.76. The summed E-state index contributed by atoms with van der Waals surface area (Å²) < 4.78 is 51.3. The topological polar surface area (TPSA) is 57.7 Å². The molecule has 8 heteroatoms. The van der Waals surface area contributed by atoms with E-state index in [1.54, 1.807) is 0 Å². The Balaban J connectivity index is 1.77. The van der Waals surface area contributed by atoms with Crippen LogP contribution in [0.2, 0.25) is 0 Å². The van der Waals surface area contributed by atoms with Gasteiger partial charge in [-0.25, -0.2) is 17.2 Å². The molecule has 0 N–H and O–H groups in total. The van der Waals surface area contributed by atoms with Crippen molar-refractivity contribution in [2.75, 3.05) is 25.9 Å². The van der Waals surface area contributed by atoms with Crippen LogP contribution < -0.4 is 0 Å². The van der Waals surface area contributed by atoms with Crippen LogP contribution in [-0.4, -0.2) is 55.5 Å². The van der Waals surface area contributed by atoms with Crippen LogP contribution >= 0.6 is 0 Å². The van der Waals surface area contributed by atoms with Gasteiger partial charge in [0.05, 0.1) is 11.8 Å². The van der Waals surface area contributed by atoms with E-state index in [9.17, 15) is 22.0 Å². The number of fused-ring (bicyclic) bond motifs is 1. The number of nitrogens with zero attached hydrogens (tertiary/aromatic N) is 2. The fraction of sp³-hybridized carbons (Fsp3) is 0.500. The predicted molar refractivity (Wildman–Crippen MR) is 75.7 cm³/mol. The maximum absolute atomic E-state index is 13.7. The highest BCUT2D eigenvalue weighted by Crippen LogP contribution is 2.34. The number of sulfonamides is 1. The van der Waals surface area contributed by atoms with E-state index in [2.05, 4.69) is 0 Å². The molecule has 2 aliphatic rings. The van der Waals surface area contributed by atoms with Crippen LogP contribution in [-0.2, 0) is 10.0 Å². The van der Waals surface area contributed by atoms with Gasteiger partial charge in [-0.15, -0.1) is 0 Å². The smallest absolute Gasteiger partial charge is 0.256 e. The fourth-order valence-corrected chi connectivity index (χ4v) is 4.34. The molecule has 5 nitrogen and oxygen atoms in total. The molecule has 0 aromatic heterocycles. The van der Waals surface area contributed by atoms with Crippen molar-refractivity contribution in [1.82, 2.24) is 9.21 Å². The van der Waals surface area contributed by atoms with Crippen LogP contribution in [0.5, 0.6) is 0 Å². The summed E-state index contributed by atoms with van der Waals surface area (Å²) in [5.74, 6) is -1.93. The number of hydrogen-bond donors (Lipinski definition) is 0. The minimum atomic E-state index is -3.29. The Hall–Kier alpha value is -1.54. The molecule has 1 aromatic rings. The molecular formula is C14H16F2N2O3S. The number of amides is 1. The number of piperidine rings is 1. The maximum Gasteiger partial charge on any atom is 0.256 e. The van der Waals surface area contributed by atoms with Gasteiger partial charge in [-0.2, -0.15) is 4.31 Å². The molecule has 3 rings (SSSR count). The SMILES string of the molecule is CS(=O)(=O)N1C[C@H]2CCN(C(=O)c3ccc(F)cc3F)C[C@H]21. The van der Waals surface area contributed by atoms with Crippen molar-refractivity contribution in [3.05, 3.63) is 35.4 Å². The average molecular weight is 330 g/mol. The minimum Gasteiger partial charge on any atom is -0.337 e. The van der Waals surface area contributed by atoms with Crippen LogP contribution in [0, 0.1) is 17.6 Å². The van der Waals surface area contributed by atoms with E-state index in [0.29, 0.717) is 25.6 Å². The third-order valence-electron chi connectivity index (χ3n) is 4.38. The van der Waals surface area contributed by atoms with E-state index in [0.717, 1.165) is 18.4 Å². The molecular weight excluding hydrogens is 314 g/mol. The first-order valence-corrected chi connectivity index (χ1v) is 8.83. The number of rotatable bonds is 2. The molecule has 2 atom stereocenters. The van der Waals surface area contributed by atoms with Gasteiger partial charge < -0.3 is 4.90 Å². The van der Waals surface area contributed by atoms with E-state index in [-0.39, 0.29) is 24.1 Å². The quantitative estimate of drug-likeness (QED) is 0.815. The van der Waals surface area contributed by atoms with Crippen molar-refractivity contribution < 1.29 is 22.0 Å². The van der Waals surface area contributed by atoms with Gasteiger partial charge in [0.15, 0.2) is 0 Å². The Bertz CT molecular complexity index is 723. The predicted octanol–water partition coefficient (Wildman–Crippen LogP) is 1.07. The lowest BCUT2D eigenvalue weighted by molar-refractivity contribution is 0.0139. The molecule has 2 fully saturated rings. The lowest BCUT2D eigenvalue weighted by Gasteiger charge is -2.51. The summed E-state index contributed by atoms with van der Waals surface area (Å²) >= 11 is 0. The van der Waals surface area contributed by atoms with Crippen molar-refractivity contribution in [2.45, 2.75) is 12.5 Å². The minimum absolute atomic E-state index is 0.190. The Morgan fingerprint density at radius 1 is 1.27 bits per heavy atom. The molecule has 2 heterocycles. The second-order valence-electron chi connectivity index (χ2n) is 5.82. The zero-order valence-corrected chi connectivity index (χ0v) is 12.8. The maximum atomic E-state index is 13.7. The molecule has 0 aliphatic carbocycles. The van der Waals surface area contributed by atoms with Crippen molar-refractivity contribution >= 4 is 15.9 Å². The monoisotopic (exact) mass is 330 g/mol. The van der Waals surface area contributed by atoms with Gasteiger partial charge in [0.2, 0.25) is 10.0 Å². The third kappa shape index (κ3) is 2.61. The zero-order valence-electron chi connectivity index (χ0n) is 12.0. The molecule has 0 spiro atoms. The fourth-order valence-electron chi connectivity index (χ4n) is 3.15. The van der Waals surface area contributed by atoms with E-state index < -0.39 is 27.6 Å². The Kier molecular flexibility index (Phi) is 3.68. The number of carbonyl (C=O) groups excluding carboxylic acids is 1. The molecule has 0 saturated carbocycles. The molecule has 1 amide bonds. The first kappa shape index (κ1) is 15.4. The van der Waals surface area contributed by atoms with Gasteiger partial charge in [-0.05, 0) is 24.5 Å². The largest absolute Gasteiger partial charge is 0.337 e. The standard InChI is InChI=1S/C14H16F2N2O3S/c1-22(20,21)18-7-9-4-5-17(8-13(9)18)14(19)11-3-2-10(15)6-12(11)16/h2-3,6,9,13H,4-5,7-8H2,1H3/t9-,13-/m1/s1. The van der Waals surface area contributed by atoms with Gasteiger partial charge in [0.25, 0.3) is 5.91 Å². The molecule has 0 unspecified atom stereocenters. The lowest BCUT2D eigenvalue weighted by atomic mass is 9.84. The van der Waals surface area contributed by atoms with E-state index in [4.69, 9.17) is 0 Å². The molecule has 2 aliphatic heterocycles. The molecule has 0 bridgehead atoms. The number of hydrogen-bond acceptors (Lipinski definition) is 3. The summed E-state index contributed by atoms with van der Waals surface area (Å²) in [5, 5.41) is 0. The highest BCUT2D eigenvalue weighted by Gasteiger charge is 2.47. The Morgan fingerprint density at radius 3 is 2.64 bits per heavy atom. The van der Waals surface area contributed by atoms with Gasteiger partial charge in [-0.3, -0.25) is 4.79 Å². The normalized spacial score (nSPS) is 25.5. The van der Waals surface area contributed by atoms with Crippen molar-refractivity contribution in [1.29, 1.82) is 0 Å². The molecule has 2 saturated heterocycles. The number of benzene rings is 1. The zero-order chi connectivity index (χ0) is 16.1. The number of carbonyl (C=O) groups is 1. The summed E-state index contributed by atoms with van der Waals surface area (Å²) in [6.45, 7) is 1.18. The second kappa shape index (κ2) is 5.27. The van der Waals surface area contributed by atoms with Crippen LogP contribution in [0.1, 0.15) is 16.8 Å². The van der Waals surface area contributed by atoms with Crippen LogP contribution in [0.15, 0.2) is 18.2 Å². The summed E-state index contributed by atoms with van der Waals surface area (Å²) in [6.07, 6.45) is 1.83. The summed E-state index contributed by atoms with van der Waals surface area (Å²) in [5.41, 5.74) is -0.190. The van der Waals surface area contributed by atoms with E-state index in [1.165, 1.54) is 9.21 Å². The lowest BCUT2D eigenvalue weighted by Crippen LogP contribution is -2.65. The highest BCUT2D eigenvalue weighted by atomic mass is 32.2. The molecule has 1 aromatic carbocycles. The molecule has 0 radical (unpaired) electrons. The average Bonchev–Trinajstić information content (AvgIpc) is 2.38. The van der Waals surface area contributed by atoms with Gasteiger partial charge >= 0.3 is 0 Å². The number of likely N-dealkylation sites (tertiary alicyclic amines) is 1.